The lowest BCUT2D eigenvalue weighted by molar-refractivity contribution is -0.124. The Balaban J connectivity index is 1.82. The zero-order valence-corrected chi connectivity index (χ0v) is 13.1. The van der Waals surface area contributed by atoms with Crippen LogP contribution in [0.25, 0.3) is 0 Å². The number of methoxy groups -OCH3 is 1. The maximum atomic E-state index is 11.8. The zero-order chi connectivity index (χ0) is 17.4. The average molecular weight is 324 g/mol. The number of benzene rings is 2. The maximum Gasteiger partial charge on any atom is 0.338 e. The number of esters is 1. The quantitative estimate of drug-likeness (QED) is 0.822. The predicted molar refractivity (Wildman–Crippen MR) is 86.3 cm³/mol. The minimum absolute atomic E-state index is 0.275. The van der Waals surface area contributed by atoms with E-state index in [0.29, 0.717) is 11.3 Å². The van der Waals surface area contributed by atoms with Crippen molar-refractivity contribution in [2.24, 2.45) is 0 Å². The first kappa shape index (κ1) is 17.0. The van der Waals surface area contributed by atoms with E-state index in [-0.39, 0.29) is 18.7 Å². The number of ether oxygens (including phenoxy) is 2. The molecular weight excluding hydrogens is 308 g/mol. The van der Waals surface area contributed by atoms with Gasteiger partial charge < -0.3 is 14.8 Å². The number of hydrogen-bond acceptors (Lipinski definition) is 5. The van der Waals surface area contributed by atoms with E-state index in [9.17, 15) is 9.59 Å². The van der Waals surface area contributed by atoms with E-state index in [1.165, 1.54) is 24.3 Å². The number of hydrogen-bond donors (Lipinski definition) is 1. The van der Waals surface area contributed by atoms with Gasteiger partial charge in [0.1, 0.15) is 5.75 Å². The molecule has 0 fully saturated rings. The molecule has 0 spiro atoms. The zero-order valence-electron chi connectivity index (χ0n) is 13.1. The van der Waals surface area contributed by atoms with Crippen molar-refractivity contribution >= 4 is 11.9 Å². The molecule has 0 atom stereocenters. The number of amides is 1. The van der Waals surface area contributed by atoms with Gasteiger partial charge in [-0.2, -0.15) is 5.26 Å². The highest BCUT2D eigenvalue weighted by Gasteiger charge is 2.11. The molecule has 0 bridgehead atoms. The van der Waals surface area contributed by atoms with Crippen molar-refractivity contribution in [3.63, 3.8) is 0 Å². The van der Waals surface area contributed by atoms with Crippen molar-refractivity contribution in [1.82, 2.24) is 5.32 Å². The summed E-state index contributed by atoms with van der Waals surface area (Å²) in [6.07, 6.45) is 0. The van der Waals surface area contributed by atoms with Gasteiger partial charge in [-0.25, -0.2) is 4.79 Å². The van der Waals surface area contributed by atoms with Crippen LogP contribution in [0, 0.1) is 11.3 Å². The first-order valence-corrected chi connectivity index (χ1v) is 7.20. The van der Waals surface area contributed by atoms with E-state index in [0.717, 1.165) is 5.56 Å². The lowest BCUT2D eigenvalue weighted by atomic mass is 10.1. The van der Waals surface area contributed by atoms with Crippen molar-refractivity contribution in [1.29, 1.82) is 5.26 Å². The van der Waals surface area contributed by atoms with Crippen LogP contribution in [0.1, 0.15) is 21.5 Å². The number of rotatable bonds is 6. The van der Waals surface area contributed by atoms with Gasteiger partial charge in [-0.15, -0.1) is 0 Å². The van der Waals surface area contributed by atoms with Crippen molar-refractivity contribution in [3.8, 4) is 11.8 Å². The van der Waals surface area contributed by atoms with Crippen molar-refractivity contribution in [3.05, 3.63) is 65.2 Å². The molecule has 2 aromatic carbocycles. The Kier molecular flexibility index (Phi) is 5.92. The summed E-state index contributed by atoms with van der Waals surface area (Å²) in [5, 5.41) is 11.4. The van der Waals surface area contributed by atoms with Crippen molar-refractivity contribution in [2.45, 2.75) is 6.54 Å². The average Bonchev–Trinajstić information content (AvgIpc) is 2.64. The fraction of sp³-hybridized carbons (Fsp3) is 0.167. The van der Waals surface area contributed by atoms with Gasteiger partial charge in [0.05, 0.1) is 24.3 Å². The standard InChI is InChI=1S/C18H16N2O4/c1-23-16-5-3-2-4-15(16)11-20-17(21)12-24-18(22)14-8-6-13(10-19)7-9-14/h2-9H,11-12H2,1H3,(H,20,21). The van der Waals surface area contributed by atoms with Crippen LogP contribution in [0.5, 0.6) is 5.75 Å². The Morgan fingerprint density at radius 3 is 2.50 bits per heavy atom. The molecule has 0 radical (unpaired) electrons. The second-order valence-corrected chi connectivity index (χ2v) is 4.85. The lowest BCUT2D eigenvalue weighted by Gasteiger charge is -2.10. The largest absolute Gasteiger partial charge is 0.496 e. The fourth-order valence-corrected chi connectivity index (χ4v) is 1.99. The first-order valence-electron chi connectivity index (χ1n) is 7.20. The maximum absolute atomic E-state index is 11.8. The summed E-state index contributed by atoms with van der Waals surface area (Å²) in [7, 11) is 1.56. The molecular formula is C18H16N2O4. The summed E-state index contributed by atoms with van der Waals surface area (Å²) in [5.41, 5.74) is 1.55. The molecule has 0 saturated carbocycles. The summed E-state index contributed by atoms with van der Waals surface area (Å²) in [6, 6.07) is 15.3. The number of nitrogens with zero attached hydrogens (tertiary/aromatic N) is 1. The summed E-state index contributed by atoms with van der Waals surface area (Å²) in [6.45, 7) is -0.106. The van der Waals surface area contributed by atoms with E-state index in [1.807, 2.05) is 24.3 Å². The van der Waals surface area contributed by atoms with Gasteiger partial charge in [-0.1, -0.05) is 18.2 Å². The highest BCUT2D eigenvalue weighted by molar-refractivity contribution is 5.91. The minimum atomic E-state index is -0.619. The van der Waals surface area contributed by atoms with Gasteiger partial charge in [-0.05, 0) is 30.3 Å². The van der Waals surface area contributed by atoms with Gasteiger partial charge >= 0.3 is 5.97 Å². The minimum Gasteiger partial charge on any atom is -0.496 e. The molecule has 0 unspecified atom stereocenters. The molecule has 0 aliphatic carbocycles. The number of nitrogens with one attached hydrogen (secondary N) is 1. The number of para-hydroxylation sites is 1. The molecule has 24 heavy (non-hydrogen) atoms. The van der Waals surface area contributed by atoms with Gasteiger partial charge in [0, 0.05) is 12.1 Å². The third-order valence-corrected chi connectivity index (χ3v) is 3.25. The molecule has 1 amide bonds. The molecule has 0 heterocycles. The molecule has 0 aliphatic rings. The molecule has 0 aliphatic heterocycles. The van der Waals surface area contributed by atoms with E-state index < -0.39 is 11.9 Å². The summed E-state index contributed by atoms with van der Waals surface area (Å²) in [5.74, 6) is -0.359. The van der Waals surface area contributed by atoms with Crippen LogP contribution >= 0.6 is 0 Å². The molecule has 2 aromatic rings. The Labute approximate surface area is 139 Å². The van der Waals surface area contributed by atoms with Crippen LogP contribution in [0.15, 0.2) is 48.5 Å². The SMILES string of the molecule is COc1ccccc1CNC(=O)COC(=O)c1ccc(C#N)cc1. The summed E-state index contributed by atoms with van der Waals surface area (Å²) >= 11 is 0. The number of carbonyl (C=O) groups is 2. The molecule has 0 aromatic heterocycles. The fourth-order valence-electron chi connectivity index (χ4n) is 1.99. The summed E-state index contributed by atoms with van der Waals surface area (Å²) < 4.78 is 10.1. The highest BCUT2D eigenvalue weighted by atomic mass is 16.5. The molecule has 1 N–H and O–H groups in total. The summed E-state index contributed by atoms with van der Waals surface area (Å²) in [4.78, 5) is 23.6. The first-order chi connectivity index (χ1) is 11.6. The van der Waals surface area contributed by atoms with Crippen LogP contribution in [0.4, 0.5) is 0 Å². The predicted octanol–water partition coefficient (Wildman–Crippen LogP) is 2.04. The second kappa shape index (κ2) is 8.34. The lowest BCUT2D eigenvalue weighted by Crippen LogP contribution is -2.28. The van der Waals surface area contributed by atoms with Crippen LogP contribution in [0.2, 0.25) is 0 Å². The van der Waals surface area contributed by atoms with Crippen molar-refractivity contribution in [2.75, 3.05) is 13.7 Å². The van der Waals surface area contributed by atoms with E-state index in [1.54, 1.807) is 13.2 Å². The molecule has 6 heteroatoms. The second-order valence-electron chi connectivity index (χ2n) is 4.85. The monoisotopic (exact) mass is 324 g/mol. The smallest absolute Gasteiger partial charge is 0.338 e. The van der Waals surface area contributed by atoms with Crippen molar-refractivity contribution < 1.29 is 19.1 Å². The molecule has 2 rings (SSSR count). The Morgan fingerprint density at radius 1 is 1.12 bits per heavy atom. The molecule has 122 valence electrons. The molecule has 0 saturated heterocycles. The number of carbonyl (C=O) groups excluding carboxylic acids is 2. The van der Waals surface area contributed by atoms with Gasteiger partial charge in [0.15, 0.2) is 6.61 Å². The van der Waals surface area contributed by atoms with Gasteiger partial charge in [0.2, 0.25) is 0 Å². The van der Waals surface area contributed by atoms with E-state index in [4.69, 9.17) is 14.7 Å². The Bertz CT molecular complexity index is 763. The van der Waals surface area contributed by atoms with Crippen LogP contribution < -0.4 is 10.1 Å². The third kappa shape index (κ3) is 4.58. The third-order valence-electron chi connectivity index (χ3n) is 3.25. The van der Waals surface area contributed by atoms with Crippen LogP contribution in [-0.4, -0.2) is 25.6 Å². The van der Waals surface area contributed by atoms with Crippen LogP contribution in [0.3, 0.4) is 0 Å². The number of nitriles is 1. The topological polar surface area (TPSA) is 88.4 Å². The highest BCUT2D eigenvalue weighted by Crippen LogP contribution is 2.16. The van der Waals surface area contributed by atoms with E-state index >= 15 is 0 Å². The van der Waals surface area contributed by atoms with Gasteiger partial charge in [0.25, 0.3) is 5.91 Å². The normalized spacial score (nSPS) is 9.67. The Hall–Kier alpha value is -3.33. The Morgan fingerprint density at radius 2 is 1.83 bits per heavy atom. The van der Waals surface area contributed by atoms with Crippen LogP contribution in [-0.2, 0) is 16.1 Å². The molecule has 6 nitrogen and oxygen atoms in total. The van der Waals surface area contributed by atoms with Gasteiger partial charge in [-0.3, -0.25) is 4.79 Å². The van der Waals surface area contributed by atoms with E-state index in [2.05, 4.69) is 5.32 Å².